The summed E-state index contributed by atoms with van der Waals surface area (Å²) in [5, 5.41) is 3.42. The molecule has 0 unspecified atom stereocenters. The van der Waals surface area contributed by atoms with Gasteiger partial charge in [0.05, 0.1) is 17.6 Å². The van der Waals surface area contributed by atoms with Crippen molar-refractivity contribution in [3.63, 3.8) is 0 Å². The van der Waals surface area contributed by atoms with Crippen molar-refractivity contribution in [3.05, 3.63) is 59.4 Å². The SMILES string of the molecule is CCOc1ccc(Cc2nc3cc(C(=O)N(CC(F)(F)F)CC(F)(F)F)ccc3n2C[C@@H]2CCCN2)cc1. The molecule has 1 saturated heterocycles. The first-order valence-corrected chi connectivity index (χ1v) is 12.3. The van der Waals surface area contributed by atoms with E-state index >= 15 is 0 Å². The highest BCUT2D eigenvalue weighted by molar-refractivity contribution is 5.97. The number of halogens is 6. The van der Waals surface area contributed by atoms with Crippen molar-refractivity contribution in [1.82, 2.24) is 19.8 Å². The monoisotopic (exact) mass is 542 g/mol. The zero-order valence-corrected chi connectivity index (χ0v) is 20.7. The number of nitrogens with one attached hydrogen (secondary N) is 1. The molecular weight excluding hydrogens is 514 g/mol. The molecule has 1 N–H and O–H groups in total. The van der Waals surface area contributed by atoms with Crippen molar-refractivity contribution < 1.29 is 35.9 Å². The van der Waals surface area contributed by atoms with Gasteiger partial charge in [-0.3, -0.25) is 4.79 Å². The van der Waals surface area contributed by atoms with Gasteiger partial charge in [0.25, 0.3) is 5.91 Å². The lowest BCUT2D eigenvalue weighted by Crippen LogP contribution is -2.44. The quantitative estimate of drug-likeness (QED) is 0.371. The molecule has 3 aromatic rings. The third kappa shape index (κ3) is 7.18. The zero-order chi connectivity index (χ0) is 27.5. The van der Waals surface area contributed by atoms with Crippen LogP contribution in [0, 0.1) is 0 Å². The van der Waals surface area contributed by atoms with Crippen LogP contribution in [0.2, 0.25) is 0 Å². The molecule has 1 atom stereocenters. The van der Waals surface area contributed by atoms with E-state index in [9.17, 15) is 31.1 Å². The third-order valence-electron chi connectivity index (χ3n) is 6.26. The Morgan fingerprint density at radius 1 is 1.08 bits per heavy atom. The average Bonchev–Trinajstić information content (AvgIpc) is 3.46. The number of imidazole rings is 1. The Morgan fingerprint density at radius 3 is 2.34 bits per heavy atom. The maximum atomic E-state index is 12.9. The number of rotatable bonds is 9. The minimum Gasteiger partial charge on any atom is -0.494 e. The molecule has 1 fully saturated rings. The van der Waals surface area contributed by atoms with Gasteiger partial charge in [-0.1, -0.05) is 12.1 Å². The van der Waals surface area contributed by atoms with Crippen molar-refractivity contribution in [3.8, 4) is 5.75 Å². The van der Waals surface area contributed by atoms with Crippen LogP contribution in [0.25, 0.3) is 11.0 Å². The Hall–Kier alpha value is -3.28. The van der Waals surface area contributed by atoms with Gasteiger partial charge in [0.2, 0.25) is 0 Å². The van der Waals surface area contributed by atoms with E-state index in [2.05, 4.69) is 10.3 Å². The molecule has 1 aliphatic rings. The Labute approximate surface area is 215 Å². The molecular formula is C26H28F6N4O2. The van der Waals surface area contributed by atoms with Crippen LogP contribution in [0.15, 0.2) is 42.5 Å². The van der Waals surface area contributed by atoms with Crippen molar-refractivity contribution in [1.29, 1.82) is 0 Å². The lowest BCUT2D eigenvalue weighted by atomic mass is 10.1. The van der Waals surface area contributed by atoms with Crippen molar-refractivity contribution in [2.75, 3.05) is 26.2 Å². The molecule has 0 aliphatic carbocycles. The predicted molar refractivity (Wildman–Crippen MR) is 129 cm³/mol. The number of carbonyl (C=O) groups excluding carboxylic acids is 1. The van der Waals surface area contributed by atoms with E-state index in [-0.39, 0.29) is 16.5 Å². The molecule has 2 aromatic carbocycles. The average molecular weight is 543 g/mol. The first-order chi connectivity index (χ1) is 17.9. The topological polar surface area (TPSA) is 59.4 Å². The van der Waals surface area contributed by atoms with Crippen LogP contribution in [0.5, 0.6) is 5.75 Å². The van der Waals surface area contributed by atoms with E-state index in [0.29, 0.717) is 36.4 Å². The third-order valence-corrected chi connectivity index (χ3v) is 6.26. The minimum atomic E-state index is -4.98. The maximum absolute atomic E-state index is 12.9. The number of aromatic nitrogens is 2. The van der Waals surface area contributed by atoms with E-state index in [1.165, 1.54) is 18.2 Å². The molecule has 0 spiro atoms. The fraction of sp³-hybridized carbons (Fsp3) is 0.462. The van der Waals surface area contributed by atoms with Crippen LogP contribution in [0.4, 0.5) is 26.3 Å². The lowest BCUT2D eigenvalue weighted by molar-refractivity contribution is -0.171. The fourth-order valence-corrected chi connectivity index (χ4v) is 4.65. The molecule has 0 bridgehead atoms. The molecule has 2 heterocycles. The summed E-state index contributed by atoms with van der Waals surface area (Å²) in [5.41, 5.74) is 1.63. The standard InChI is InChI=1S/C26H28F6N4O2/c1-2-38-20-8-5-17(6-9-20)12-23-34-21-13-18(7-10-22(21)36(23)14-19-4-3-11-33-19)24(37)35(15-25(27,28)29)16-26(30,31)32/h5-10,13,19,33H,2-4,11-12,14-16H2,1H3/t19-/m0/s1. The van der Waals surface area contributed by atoms with Gasteiger partial charge in [-0.25, -0.2) is 4.98 Å². The number of carbonyl (C=O) groups is 1. The molecule has 4 rings (SSSR count). The summed E-state index contributed by atoms with van der Waals surface area (Å²) in [6.45, 7) is -0.114. The Balaban J connectivity index is 1.67. The Kier molecular flexibility index (Phi) is 8.19. The number of ether oxygens (including phenoxy) is 1. The molecule has 0 radical (unpaired) electrons. The van der Waals surface area contributed by atoms with Crippen LogP contribution in [0.1, 0.15) is 41.5 Å². The number of alkyl halides is 6. The van der Waals surface area contributed by atoms with Crippen LogP contribution >= 0.6 is 0 Å². The van der Waals surface area contributed by atoms with E-state index < -0.39 is 31.3 Å². The second-order valence-corrected chi connectivity index (χ2v) is 9.28. The lowest BCUT2D eigenvalue weighted by Gasteiger charge is -2.25. The summed E-state index contributed by atoms with van der Waals surface area (Å²) in [6.07, 6.45) is -7.54. The number of hydrogen-bond donors (Lipinski definition) is 1. The number of benzene rings is 2. The summed E-state index contributed by atoms with van der Waals surface area (Å²) >= 11 is 0. The van der Waals surface area contributed by atoms with E-state index in [4.69, 9.17) is 4.74 Å². The van der Waals surface area contributed by atoms with Gasteiger partial charge in [-0.05, 0) is 62.2 Å². The smallest absolute Gasteiger partial charge is 0.406 e. The summed E-state index contributed by atoms with van der Waals surface area (Å²) < 4.78 is 85.1. The summed E-state index contributed by atoms with van der Waals surface area (Å²) in [7, 11) is 0. The second-order valence-electron chi connectivity index (χ2n) is 9.28. The van der Waals surface area contributed by atoms with Gasteiger partial charge in [0.15, 0.2) is 0 Å². The molecule has 1 amide bonds. The molecule has 1 aromatic heterocycles. The summed E-state index contributed by atoms with van der Waals surface area (Å²) in [6, 6.07) is 11.7. The zero-order valence-electron chi connectivity index (χ0n) is 20.7. The van der Waals surface area contributed by atoms with Gasteiger partial charge < -0.3 is 19.5 Å². The van der Waals surface area contributed by atoms with Gasteiger partial charge in [0, 0.05) is 24.6 Å². The molecule has 12 heteroatoms. The van der Waals surface area contributed by atoms with E-state index in [0.717, 1.165) is 30.7 Å². The molecule has 0 saturated carbocycles. The Bertz CT molecular complexity index is 1230. The number of hydrogen-bond acceptors (Lipinski definition) is 4. The minimum absolute atomic E-state index is 0.196. The second kappa shape index (κ2) is 11.2. The van der Waals surface area contributed by atoms with E-state index in [1.807, 2.05) is 35.8 Å². The number of fused-ring (bicyclic) bond motifs is 1. The summed E-state index contributed by atoms with van der Waals surface area (Å²) in [5.74, 6) is 0.0388. The number of nitrogens with zero attached hydrogens (tertiary/aromatic N) is 3. The van der Waals surface area contributed by atoms with Gasteiger partial charge >= 0.3 is 12.4 Å². The highest BCUT2D eigenvalue weighted by atomic mass is 19.4. The van der Waals surface area contributed by atoms with E-state index in [1.54, 1.807) is 0 Å². The van der Waals surface area contributed by atoms with Crippen LogP contribution in [0.3, 0.4) is 0 Å². The highest BCUT2D eigenvalue weighted by Crippen LogP contribution is 2.26. The first kappa shape index (κ1) is 27.7. The molecule has 206 valence electrons. The van der Waals surface area contributed by atoms with Crippen LogP contribution in [-0.4, -0.2) is 65.0 Å². The first-order valence-electron chi connectivity index (χ1n) is 12.3. The molecule has 1 aliphatic heterocycles. The largest absolute Gasteiger partial charge is 0.494 e. The van der Waals surface area contributed by atoms with Crippen LogP contribution in [-0.2, 0) is 13.0 Å². The summed E-state index contributed by atoms with van der Waals surface area (Å²) in [4.78, 5) is 17.2. The predicted octanol–water partition coefficient (Wildman–Crippen LogP) is 5.34. The number of amides is 1. The highest BCUT2D eigenvalue weighted by Gasteiger charge is 2.40. The van der Waals surface area contributed by atoms with Crippen LogP contribution < -0.4 is 10.1 Å². The maximum Gasteiger partial charge on any atom is 0.406 e. The Morgan fingerprint density at radius 2 is 1.76 bits per heavy atom. The fourth-order valence-electron chi connectivity index (χ4n) is 4.65. The van der Waals surface area contributed by atoms with Crippen molar-refractivity contribution in [2.24, 2.45) is 0 Å². The molecule has 38 heavy (non-hydrogen) atoms. The van der Waals surface area contributed by atoms with Gasteiger partial charge in [-0.2, -0.15) is 26.3 Å². The van der Waals surface area contributed by atoms with Crippen molar-refractivity contribution >= 4 is 16.9 Å². The normalized spacial score (nSPS) is 16.2. The van der Waals surface area contributed by atoms with Crippen molar-refractivity contribution in [2.45, 2.75) is 51.1 Å². The van der Waals surface area contributed by atoms with Gasteiger partial charge in [-0.15, -0.1) is 0 Å². The van der Waals surface area contributed by atoms with Gasteiger partial charge in [0.1, 0.15) is 24.7 Å². The molecule has 6 nitrogen and oxygen atoms in total.